The number of rotatable bonds is 3. The summed E-state index contributed by atoms with van der Waals surface area (Å²) >= 11 is 0. The summed E-state index contributed by atoms with van der Waals surface area (Å²) in [6, 6.07) is -0.509. The molecule has 2 rings (SSSR count). The van der Waals surface area contributed by atoms with Gasteiger partial charge in [0.1, 0.15) is 12.1 Å². The third-order valence-corrected chi connectivity index (χ3v) is 5.32. The van der Waals surface area contributed by atoms with Gasteiger partial charge < -0.3 is 9.80 Å². The third-order valence-electron chi connectivity index (χ3n) is 5.32. The summed E-state index contributed by atoms with van der Waals surface area (Å²) in [6.07, 6.45) is 2.91. The Morgan fingerprint density at radius 1 is 1.20 bits per heavy atom. The first kappa shape index (κ1) is 15.3. The van der Waals surface area contributed by atoms with Gasteiger partial charge in [-0.2, -0.15) is 0 Å². The molecule has 2 fully saturated rings. The number of carbonyl (C=O) groups is 2. The highest BCUT2D eigenvalue weighted by Crippen LogP contribution is 2.32. The molecule has 2 atom stereocenters. The Kier molecular flexibility index (Phi) is 4.12. The second-order valence-corrected chi connectivity index (χ2v) is 7.33. The van der Waals surface area contributed by atoms with E-state index < -0.39 is 0 Å². The van der Waals surface area contributed by atoms with Crippen LogP contribution in [-0.4, -0.2) is 46.8 Å². The molecule has 4 heteroatoms. The van der Waals surface area contributed by atoms with E-state index >= 15 is 0 Å². The number of carbonyl (C=O) groups excluding carboxylic acids is 2. The lowest BCUT2D eigenvalue weighted by atomic mass is 9.80. The van der Waals surface area contributed by atoms with Crippen LogP contribution >= 0.6 is 0 Å². The lowest BCUT2D eigenvalue weighted by Gasteiger charge is -2.48. The van der Waals surface area contributed by atoms with E-state index in [1.807, 2.05) is 16.7 Å². The standard InChI is InChI=1S/C16H28N2O2/c1-11(2)16(4,5)10-18-12(3)14(19)17-9-7-6-8-13(17)15(18)20/h11-13H,6-10H2,1-5H3. The topological polar surface area (TPSA) is 40.6 Å². The summed E-state index contributed by atoms with van der Waals surface area (Å²) in [5, 5.41) is 0. The number of piperazine rings is 1. The van der Waals surface area contributed by atoms with E-state index in [1.165, 1.54) is 0 Å². The van der Waals surface area contributed by atoms with Crippen LogP contribution in [0.3, 0.4) is 0 Å². The number of fused-ring (bicyclic) bond motifs is 1. The molecule has 20 heavy (non-hydrogen) atoms. The second-order valence-electron chi connectivity index (χ2n) is 7.33. The van der Waals surface area contributed by atoms with Crippen LogP contribution < -0.4 is 0 Å². The zero-order valence-corrected chi connectivity index (χ0v) is 13.5. The molecule has 0 aromatic rings. The fourth-order valence-corrected chi connectivity index (χ4v) is 3.04. The fraction of sp³-hybridized carbons (Fsp3) is 0.875. The summed E-state index contributed by atoms with van der Waals surface area (Å²) < 4.78 is 0. The van der Waals surface area contributed by atoms with E-state index in [4.69, 9.17) is 0 Å². The maximum Gasteiger partial charge on any atom is 0.246 e. The Labute approximate surface area is 122 Å². The van der Waals surface area contributed by atoms with Gasteiger partial charge in [0.2, 0.25) is 11.8 Å². The first-order valence-corrected chi connectivity index (χ1v) is 7.86. The largest absolute Gasteiger partial charge is 0.329 e. The van der Waals surface area contributed by atoms with Crippen molar-refractivity contribution in [2.75, 3.05) is 13.1 Å². The first-order chi connectivity index (χ1) is 9.25. The molecule has 0 bridgehead atoms. The van der Waals surface area contributed by atoms with Crippen molar-refractivity contribution >= 4 is 11.8 Å². The fourth-order valence-electron chi connectivity index (χ4n) is 3.04. The van der Waals surface area contributed by atoms with Gasteiger partial charge in [-0.25, -0.2) is 0 Å². The summed E-state index contributed by atoms with van der Waals surface area (Å²) in [4.78, 5) is 28.9. The van der Waals surface area contributed by atoms with Gasteiger partial charge in [0.25, 0.3) is 0 Å². The van der Waals surface area contributed by atoms with Crippen molar-refractivity contribution in [3.8, 4) is 0 Å². The number of piperidine rings is 1. The van der Waals surface area contributed by atoms with Crippen LogP contribution in [0.25, 0.3) is 0 Å². The van der Waals surface area contributed by atoms with Crippen LogP contribution in [0.2, 0.25) is 0 Å². The van der Waals surface area contributed by atoms with Crippen LogP contribution in [0.15, 0.2) is 0 Å². The van der Waals surface area contributed by atoms with E-state index in [9.17, 15) is 9.59 Å². The molecule has 0 saturated carbocycles. The molecule has 2 aliphatic heterocycles. The van der Waals surface area contributed by atoms with Crippen LogP contribution in [0.5, 0.6) is 0 Å². The Hall–Kier alpha value is -1.06. The molecular weight excluding hydrogens is 252 g/mol. The number of hydrogen-bond donors (Lipinski definition) is 0. The molecule has 4 nitrogen and oxygen atoms in total. The molecule has 2 amide bonds. The van der Waals surface area contributed by atoms with Crippen LogP contribution in [-0.2, 0) is 9.59 Å². The van der Waals surface area contributed by atoms with Gasteiger partial charge in [-0.1, -0.05) is 27.7 Å². The predicted octanol–water partition coefficient (Wildman–Crippen LogP) is 2.28. The highest BCUT2D eigenvalue weighted by Gasteiger charge is 2.46. The van der Waals surface area contributed by atoms with Crippen molar-refractivity contribution < 1.29 is 9.59 Å². The molecule has 2 aliphatic rings. The molecule has 0 aromatic heterocycles. The lowest BCUT2D eigenvalue weighted by Crippen LogP contribution is -2.66. The maximum absolute atomic E-state index is 12.7. The van der Waals surface area contributed by atoms with Crippen LogP contribution in [0.1, 0.15) is 53.9 Å². The van der Waals surface area contributed by atoms with E-state index in [0.717, 1.165) is 25.8 Å². The van der Waals surface area contributed by atoms with Gasteiger partial charge in [-0.05, 0) is 37.5 Å². The predicted molar refractivity (Wildman–Crippen MR) is 79.1 cm³/mol. The monoisotopic (exact) mass is 280 g/mol. The average Bonchev–Trinajstić information content (AvgIpc) is 2.41. The number of nitrogens with zero attached hydrogens (tertiary/aromatic N) is 2. The van der Waals surface area contributed by atoms with Gasteiger partial charge in [0.15, 0.2) is 0 Å². The first-order valence-electron chi connectivity index (χ1n) is 7.86. The summed E-state index contributed by atoms with van der Waals surface area (Å²) in [5.41, 5.74) is 0.0288. The highest BCUT2D eigenvalue weighted by molar-refractivity contribution is 5.97. The summed E-state index contributed by atoms with van der Waals surface area (Å²) in [5.74, 6) is 0.765. The molecule has 0 aliphatic carbocycles. The Balaban J connectivity index is 2.20. The van der Waals surface area contributed by atoms with Crippen molar-refractivity contribution in [2.45, 2.75) is 66.0 Å². The highest BCUT2D eigenvalue weighted by atomic mass is 16.2. The molecule has 2 unspecified atom stereocenters. The SMILES string of the molecule is CC1C(=O)N2CCCCC2C(=O)N1CC(C)(C)C(C)C. The van der Waals surface area contributed by atoms with Gasteiger partial charge in [-0.3, -0.25) is 9.59 Å². The van der Waals surface area contributed by atoms with Crippen molar-refractivity contribution in [3.05, 3.63) is 0 Å². The zero-order chi connectivity index (χ0) is 15.1. The number of amides is 2. The van der Waals surface area contributed by atoms with Crippen molar-refractivity contribution in [1.82, 2.24) is 9.80 Å². The van der Waals surface area contributed by atoms with E-state index in [2.05, 4.69) is 27.7 Å². The molecule has 2 heterocycles. The quantitative estimate of drug-likeness (QED) is 0.796. The smallest absolute Gasteiger partial charge is 0.246 e. The van der Waals surface area contributed by atoms with Gasteiger partial charge in [-0.15, -0.1) is 0 Å². The lowest BCUT2D eigenvalue weighted by molar-refractivity contribution is -0.164. The zero-order valence-electron chi connectivity index (χ0n) is 13.5. The number of hydrogen-bond acceptors (Lipinski definition) is 2. The molecule has 114 valence electrons. The molecule has 0 spiro atoms. The molecule has 0 aromatic carbocycles. The summed E-state index contributed by atoms with van der Waals surface area (Å²) in [6.45, 7) is 12.0. The van der Waals surface area contributed by atoms with Gasteiger partial charge in [0, 0.05) is 13.1 Å². The van der Waals surface area contributed by atoms with Crippen molar-refractivity contribution in [2.24, 2.45) is 11.3 Å². The molecule has 2 saturated heterocycles. The van der Waals surface area contributed by atoms with Gasteiger partial charge >= 0.3 is 0 Å². The normalized spacial score (nSPS) is 28.1. The van der Waals surface area contributed by atoms with E-state index in [-0.39, 0.29) is 29.3 Å². The maximum atomic E-state index is 12.7. The van der Waals surface area contributed by atoms with Crippen molar-refractivity contribution in [1.29, 1.82) is 0 Å². The molecule has 0 N–H and O–H groups in total. The van der Waals surface area contributed by atoms with Crippen molar-refractivity contribution in [3.63, 3.8) is 0 Å². The van der Waals surface area contributed by atoms with E-state index in [1.54, 1.807) is 0 Å². The average molecular weight is 280 g/mol. The van der Waals surface area contributed by atoms with Crippen LogP contribution in [0, 0.1) is 11.3 Å². The minimum Gasteiger partial charge on any atom is -0.329 e. The third kappa shape index (κ3) is 2.57. The van der Waals surface area contributed by atoms with Crippen LogP contribution in [0.4, 0.5) is 0 Å². The second kappa shape index (κ2) is 5.38. The van der Waals surface area contributed by atoms with E-state index in [0.29, 0.717) is 12.5 Å². The molecule has 0 radical (unpaired) electrons. The van der Waals surface area contributed by atoms with Gasteiger partial charge in [0.05, 0.1) is 0 Å². The Morgan fingerprint density at radius 2 is 1.85 bits per heavy atom. The Bertz CT molecular complexity index is 403. The molecular formula is C16H28N2O2. The summed E-state index contributed by atoms with van der Waals surface area (Å²) in [7, 11) is 0. The minimum absolute atomic E-state index is 0.0288. The minimum atomic E-state index is -0.310. The Morgan fingerprint density at radius 3 is 2.45 bits per heavy atom.